The number of amides is 1. The summed E-state index contributed by atoms with van der Waals surface area (Å²) in [5.41, 5.74) is 0. The second-order valence-electron chi connectivity index (χ2n) is 5.50. The van der Waals surface area contributed by atoms with Gasteiger partial charge in [-0.2, -0.15) is 5.10 Å². The molecule has 1 amide bonds. The Morgan fingerprint density at radius 3 is 2.94 bits per heavy atom. The molecule has 5 rings (SSSR count). The Kier molecular flexibility index (Phi) is 2.22. The SMILES string of the molecule is O=C(Nc1ccnn1C1CNC1)[C@@H]1[C@@H]2CN[C@H]1C2. The summed E-state index contributed by atoms with van der Waals surface area (Å²) < 4.78 is 1.92. The van der Waals surface area contributed by atoms with Crippen molar-refractivity contribution in [1.29, 1.82) is 0 Å². The van der Waals surface area contributed by atoms with E-state index in [0.29, 0.717) is 18.0 Å². The van der Waals surface area contributed by atoms with E-state index in [1.807, 2.05) is 10.7 Å². The Balaban J connectivity index is 1.48. The molecule has 0 spiro atoms. The van der Waals surface area contributed by atoms with Crippen LogP contribution in [-0.2, 0) is 4.79 Å². The predicted molar refractivity (Wildman–Crippen MR) is 66.2 cm³/mol. The lowest BCUT2D eigenvalue weighted by molar-refractivity contribution is -0.124. The average molecular weight is 247 g/mol. The van der Waals surface area contributed by atoms with Gasteiger partial charge in [-0.05, 0) is 18.9 Å². The largest absolute Gasteiger partial charge is 0.313 e. The van der Waals surface area contributed by atoms with Gasteiger partial charge in [0.1, 0.15) is 5.82 Å². The third kappa shape index (κ3) is 1.42. The summed E-state index contributed by atoms with van der Waals surface area (Å²) >= 11 is 0. The van der Waals surface area contributed by atoms with Gasteiger partial charge in [-0.3, -0.25) is 4.79 Å². The first-order chi connectivity index (χ1) is 8.83. The van der Waals surface area contributed by atoms with E-state index in [1.165, 1.54) is 0 Å². The molecule has 1 aromatic heterocycles. The molecule has 0 radical (unpaired) electrons. The molecule has 0 unspecified atom stereocenters. The zero-order valence-corrected chi connectivity index (χ0v) is 10.1. The van der Waals surface area contributed by atoms with Crippen LogP contribution in [0.5, 0.6) is 0 Å². The summed E-state index contributed by atoms with van der Waals surface area (Å²) in [4.78, 5) is 12.2. The number of hydrogen-bond acceptors (Lipinski definition) is 4. The van der Waals surface area contributed by atoms with Crippen molar-refractivity contribution in [2.45, 2.75) is 18.5 Å². The van der Waals surface area contributed by atoms with Crippen LogP contribution in [0.2, 0.25) is 0 Å². The summed E-state index contributed by atoms with van der Waals surface area (Å²) in [7, 11) is 0. The number of anilines is 1. The van der Waals surface area contributed by atoms with Crippen molar-refractivity contribution in [3.63, 3.8) is 0 Å². The third-order valence-electron chi connectivity index (χ3n) is 4.47. The van der Waals surface area contributed by atoms with Gasteiger partial charge in [0.05, 0.1) is 18.2 Å². The molecule has 2 bridgehead atoms. The van der Waals surface area contributed by atoms with Crippen LogP contribution in [0.4, 0.5) is 5.82 Å². The average Bonchev–Trinajstić information content (AvgIpc) is 2.90. The molecule has 6 nitrogen and oxygen atoms in total. The number of carbonyl (C=O) groups excluding carboxylic acids is 1. The van der Waals surface area contributed by atoms with Gasteiger partial charge in [0.15, 0.2) is 0 Å². The van der Waals surface area contributed by atoms with Crippen molar-refractivity contribution in [2.75, 3.05) is 25.0 Å². The molecule has 4 heterocycles. The quantitative estimate of drug-likeness (QED) is 0.678. The summed E-state index contributed by atoms with van der Waals surface area (Å²) in [5, 5.41) is 13.9. The molecule has 1 aliphatic carbocycles. The zero-order valence-electron chi connectivity index (χ0n) is 10.1. The van der Waals surface area contributed by atoms with Crippen molar-refractivity contribution in [3.05, 3.63) is 12.3 Å². The van der Waals surface area contributed by atoms with Crippen LogP contribution in [0.25, 0.3) is 0 Å². The monoisotopic (exact) mass is 247 g/mol. The lowest BCUT2D eigenvalue weighted by atomic mass is 9.73. The third-order valence-corrected chi connectivity index (χ3v) is 4.47. The van der Waals surface area contributed by atoms with E-state index >= 15 is 0 Å². The topological polar surface area (TPSA) is 71.0 Å². The maximum atomic E-state index is 12.2. The van der Waals surface area contributed by atoms with Crippen LogP contribution in [0, 0.1) is 11.8 Å². The van der Waals surface area contributed by atoms with Crippen LogP contribution < -0.4 is 16.0 Å². The van der Waals surface area contributed by atoms with Gasteiger partial charge in [0.25, 0.3) is 0 Å². The van der Waals surface area contributed by atoms with Crippen molar-refractivity contribution in [3.8, 4) is 0 Å². The Bertz CT molecular complexity index is 467. The van der Waals surface area contributed by atoms with E-state index in [4.69, 9.17) is 0 Å². The Morgan fingerprint density at radius 2 is 2.33 bits per heavy atom. The summed E-state index contributed by atoms with van der Waals surface area (Å²) in [5.74, 6) is 1.68. The molecule has 3 atom stereocenters. The summed E-state index contributed by atoms with van der Waals surface area (Å²) in [6.07, 6.45) is 2.91. The molecule has 96 valence electrons. The van der Waals surface area contributed by atoms with Gasteiger partial charge in [-0.1, -0.05) is 0 Å². The highest BCUT2D eigenvalue weighted by molar-refractivity contribution is 5.93. The van der Waals surface area contributed by atoms with Gasteiger partial charge in [0, 0.05) is 25.2 Å². The summed E-state index contributed by atoms with van der Waals surface area (Å²) in [6, 6.07) is 2.66. The fourth-order valence-corrected chi connectivity index (χ4v) is 3.23. The molecular weight excluding hydrogens is 230 g/mol. The maximum absolute atomic E-state index is 12.2. The van der Waals surface area contributed by atoms with Crippen molar-refractivity contribution in [2.24, 2.45) is 11.8 Å². The van der Waals surface area contributed by atoms with E-state index in [0.717, 1.165) is 31.9 Å². The van der Waals surface area contributed by atoms with Gasteiger partial charge >= 0.3 is 0 Å². The van der Waals surface area contributed by atoms with E-state index in [2.05, 4.69) is 21.0 Å². The molecule has 6 heteroatoms. The second-order valence-corrected chi connectivity index (χ2v) is 5.50. The van der Waals surface area contributed by atoms with E-state index in [-0.39, 0.29) is 11.8 Å². The molecule has 3 N–H and O–H groups in total. The lowest BCUT2D eigenvalue weighted by Gasteiger charge is -2.33. The molecule has 3 saturated heterocycles. The van der Waals surface area contributed by atoms with Gasteiger partial charge in [0.2, 0.25) is 5.91 Å². The fraction of sp³-hybridized carbons (Fsp3) is 0.667. The second kappa shape index (κ2) is 3.80. The lowest BCUT2D eigenvalue weighted by Crippen LogP contribution is -2.46. The van der Waals surface area contributed by atoms with Gasteiger partial charge in [-0.15, -0.1) is 0 Å². The molecule has 0 aromatic carbocycles. The Hall–Kier alpha value is -1.40. The molecule has 18 heavy (non-hydrogen) atoms. The van der Waals surface area contributed by atoms with Crippen molar-refractivity contribution in [1.82, 2.24) is 20.4 Å². The molecule has 1 aromatic rings. The van der Waals surface area contributed by atoms with Gasteiger partial charge < -0.3 is 16.0 Å². The number of carbonyl (C=O) groups is 1. The standard InChI is InChI=1S/C12H17N5O/c18-12(11-7-3-9(11)14-4-7)16-10-1-2-15-17(10)8-5-13-6-8/h1-2,7-9,11,13-14H,3-6H2,(H,16,18)/t7-,9-,11+/m0/s1. The van der Waals surface area contributed by atoms with Crippen LogP contribution in [0.1, 0.15) is 12.5 Å². The number of nitrogens with one attached hydrogen (secondary N) is 3. The fourth-order valence-electron chi connectivity index (χ4n) is 3.23. The van der Waals surface area contributed by atoms with Crippen molar-refractivity contribution < 1.29 is 4.79 Å². The highest BCUT2D eigenvalue weighted by Crippen LogP contribution is 2.40. The first kappa shape index (κ1) is 10.5. The van der Waals surface area contributed by atoms with Crippen LogP contribution >= 0.6 is 0 Å². The van der Waals surface area contributed by atoms with Crippen LogP contribution in [-0.4, -0.2) is 41.4 Å². The normalized spacial score (nSPS) is 33.9. The summed E-state index contributed by atoms with van der Waals surface area (Å²) in [6.45, 7) is 2.86. The predicted octanol–water partition coefficient (Wildman–Crippen LogP) is -0.426. The highest BCUT2D eigenvalue weighted by Gasteiger charge is 2.50. The highest BCUT2D eigenvalue weighted by atomic mass is 16.2. The molecular formula is C12H17N5O. The number of rotatable bonds is 3. The molecule has 4 fully saturated rings. The van der Waals surface area contributed by atoms with Gasteiger partial charge in [-0.25, -0.2) is 4.68 Å². The maximum Gasteiger partial charge on any atom is 0.230 e. The number of hydrogen-bond donors (Lipinski definition) is 3. The minimum atomic E-state index is 0.148. The number of fused-ring (bicyclic) bond motifs is 1. The smallest absolute Gasteiger partial charge is 0.230 e. The van der Waals surface area contributed by atoms with Crippen LogP contribution in [0.15, 0.2) is 12.3 Å². The first-order valence-electron chi connectivity index (χ1n) is 6.61. The minimum Gasteiger partial charge on any atom is -0.313 e. The molecule has 3 aliphatic heterocycles. The van der Waals surface area contributed by atoms with Crippen molar-refractivity contribution >= 4 is 11.7 Å². The van der Waals surface area contributed by atoms with E-state index in [9.17, 15) is 4.79 Å². The Morgan fingerprint density at radius 1 is 1.44 bits per heavy atom. The van der Waals surface area contributed by atoms with E-state index < -0.39 is 0 Å². The first-order valence-corrected chi connectivity index (χ1v) is 6.61. The van der Waals surface area contributed by atoms with Crippen LogP contribution in [0.3, 0.4) is 0 Å². The van der Waals surface area contributed by atoms with E-state index in [1.54, 1.807) is 6.20 Å². The zero-order chi connectivity index (χ0) is 12.1. The molecule has 1 saturated carbocycles. The molecule has 4 aliphatic rings. The number of aromatic nitrogens is 2. The Labute approximate surface area is 105 Å². The minimum absolute atomic E-state index is 0.148. The number of nitrogens with zero attached hydrogens (tertiary/aromatic N) is 2.